The van der Waals surface area contributed by atoms with Crippen LogP contribution in [0.5, 0.6) is 0 Å². The molecule has 1 aliphatic rings. The Hall–Kier alpha value is -1.62. The molecule has 0 aromatic carbocycles. The first kappa shape index (κ1) is 17.7. The summed E-state index contributed by atoms with van der Waals surface area (Å²) in [4.78, 5) is 17.8. The molecular weight excluding hydrogens is 290 g/mol. The molecule has 1 aliphatic heterocycles. The lowest BCUT2D eigenvalue weighted by Crippen LogP contribution is -2.46. The molecule has 0 unspecified atom stereocenters. The number of carbonyl (C=O) groups is 1. The Bertz CT molecular complexity index is 470. The van der Waals surface area contributed by atoms with Crippen molar-refractivity contribution in [2.45, 2.75) is 52.1 Å². The fraction of sp³-hybridized carbons (Fsp3) is 0.667. The molecule has 128 valence electrons. The predicted octanol–water partition coefficient (Wildman–Crippen LogP) is 3.38. The number of amides is 1. The van der Waals surface area contributed by atoms with Gasteiger partial charge in [0.05, 0.1) is 6.61 Å². The van der Waals surface area contributed by atoms with Crippen LogP contribution in [0.4, 0.5) is 4.79 Å². The minimum Gasteiger partial charge on any atom is -0.450 e. The number of pyridine rings is 1. The van der Waals surface area contributed by atoms with Gasteiger partial charge in [-0.3, -0.25) is 4.98 Å². The van der Waals surface area contributed by atoms with Crippen LogP contribution in [0.2, 0.25) is 0 Å². The van der Waals surface area contributed by atoms with Crippen LogP contribution in [0.25, 0.3) is 0 Å². The van der Waals surface area contributed by atoms with E-state index in [0.717, 1.165) is 32.4 Å². The second-order valence-electron chi connectivity index (χ2n) is 6.60. The largest absolute Gasteiger partial charge is 0.450 e. The third-order valence-corrected chi connectivity index (χ3v) is 4.25. The van der Waals surface area contributed by atoms with Gasteiger partial charge in [0.1, 0.15) is 0 Å². The van der Waals surface area contributed by atoms with E-state index in [1.807, 2.05) is 30.3 Å². The van der Waals surface area contributed by atoms with Crippen molar-refractivity contribution in [2.75, 3.05) is 19.7 Å². The monoisotopic (exact) mass is 319 g/mol. The van der Waals surface area contributed by atoms with Gasteiger partial charge in [-0.2, -0.15) is 0 Å². The lowest BCUT2D eigenvalue weighted by Gasteiger charge is -2.34. The molecule has 1 atom stereocenters. The highest BCUT2D eigenvalue weighted by Crippen LogP contribution is 2.23. The first-order valence-electron chi connectivity index (χ1n) is 8.67. The molecule has 0 radical (unpaired) electrons. The summed E-state index contributed by atoms with van der Waals surface area (Å²) >= 11 is 0. The highest BCUT2D eigenvalue weighted by molar-refractivity contribution is 5.67. The minimum atomic E-state index is -0.183. The molecule has 2 heterocycles. The second-order valence-corrected chi connectivity index (χ2v) is 6.60. The third kappa shape index (κ3) is 5.50. The third-order valence-electron chi connectivity index (χ3n) is 4.25. The number of ether oxygens (including phenoxy) is 1. The van der Waals surface area contributed by atoms with E-state index in [0.29, 0.717) is 24.6 Å². The Balaban J connectivity index is 1.90. The summed E-state index contributed by atoms with van der Waals surface area (Å²) in [6, 6.07) is 4.89. The van der Waals surface area contributed by atoms with Gasteiger partial charge in [0.25, 0.3) is 0 Å². The second kappa shape index (κ2) is 8.87. The Morgan fingerprint density at radius 3 is 2.74 bits per heavy atom. The summed E-state index contributed by atoms with van der Waals surface area (Å²) in [5, 5.41) is 3.78. The predicted molar refractivity (Wildman–Crippen MR) is 91.2 cm³/mol. The van der Waals surface area contributed by atoms with Crippen LogP contribution in [0.3, 0.4) is 0 Å². The average Bonchev–Trinajstić information content (AvgIpc) is 2.55. The smallest absolute Gasteiger partial charge is 0.409 e. The molecule has 1 saturated heterocycles. The van der Waals surface area contributed by atoms with Crippen LogP contribution in [0.15, 0.2) is 24.5 Å². The number of likely N-dealkylation sites (tertiary alicyclic amines) is 1. The SMILES string of the molecule is CCOC(=O)N1CCC(N[C@H](CC(C)C)c2cccnc2)CC1. The molecular formula is C18H29N3O2. The van der Waals surface area contributed by atoms with Crippen LogP contribution in [0.1, 0.15) is 51.6 Å². The zero-order valence-corrected chi connectivity index (χ0v) is 14.5. The minimum absolute atomic E-state index is 0.183. The molecule has 0 saturated carbocycles. The zero-order valence-electron chi connectivity index (χ0n) is 14.5. The van der Waals surface area contributed by atoms with Gasteiger partial charge in [-0.15, -0.1) is 0 Å². The fourth-order valence-corrected chi connectivity index (χ4v) is 3.08. The quantitative estimate of drug-likeness (QED) is 0.873. The summed E-state index contributed by atoms with van der Waals surface area (Å²) in [7, 11) is 0. The van der Waals surface area contributed by atoms with Crippen molar-refractivity contribution in [1.82, 2.24) is 15.2 Å². The molecule has 1 aromatic rings. The van der Waals surface area contributed by atoms with Crippen LogP contribution in [0, 0.1) is 5.92 Å². The molecule has 5 nitrogen and oxygen atoms in total. The maximum atomic E-state index is 11.8. The summed E-state index contributed by atoms with van der Waals surface area (Å²) in [5.41, 5.74) is 1.24. The molecule has 1 aromatic heterocycles. The molecule has 1 amide bonds. The van der Waals surface area contributed by atoms with Crippen molar-refractivity contribution in [3.63, 3.8) is 0 Å². The summed E-state index contributed by atoms with van der Waals surface area (Å²) in [6.45, 7) is 8.30. The van der Waals surface area contributed by atoms with Crippen molar-refractivity contribution in [3.8, 4) is 0 Å². The summed E-state index contributed by atoms with van der Waals surface area (Å²) in [6.07, 6.45) is 6.60. The van der Waals surface area contributed by atoms with Gasteiger partial charge in [-0.1, -0.05) is 19.9 Å². The Morgan fingerprint density at radius 1 is 1.43 bits per heavy atom. The molecule has 5 heteroatoms. The lowest BCUT2D eigenvalue weighted by atomic mass is 9.95. The number of nitrogens with one attached hydrogen (secondary N) is 1. The van der Waals surface area contributed by atoms with Crippen LogP contribution < -0.4 is 5.32 Å². The average molecular weight is 319 g/mol. The van der Waals surface area contributed by atoms with Gasteiger partial charge in [0.2, 0.25) is 0 Å². The van der Waals surface area contributed by atoms with Gasteiger partial charge in [0.15, 0.2) is 0 Å². The maximum Gasteiger partial charge on any atom is 0.409 e. The standard InChI is InChI=1S/C18H29N3O2/c1-4-23-18(22)21-10-7-16(8-11-21)20-17(12-14(2)3)15-6-5-9-19-13-15/h5-6,9,13-14,16-17,20H,4,7-8,10-12H2,1-3H3/t17-/m1/s1. The first-order valence-corrected chi connectivity index (χ1v) is 8.67. The van der Waals surface area contributed by atoms with E-state index in [1.54, 1.807) is 0 Å². The van der Waals surface area contributed by atoms with Crippen molar-refractivity contribution >= 4 is 6.09 Å². The highest BCUT2D eigenvalue weighted by Gasteiger charge is 2.25. The van der Waals surface area contributed by atoms with Crippen molar-refractivity contribution in [2.24, 2.45) is 5.92 Å². The normalized spacial score (nSPS) is 17.3. The number of piperidine rings is 1. The van der Waals surface area contributed by atoms with Gasteiger partial charge in [0, 0.05) is 37.6 Å². The fourth-order valence-electron chi connectivity index (χ4n) is 3.08. The van der Waals surface area contributed by atoms with Crippen LogP contribution >= 0.6 is 0 Å². The van der Waals surface area contributed by atoms with E-state index in [9.17, 15) is 4.79 Å². The number of rotatable bonds is 6. The molecule has 23 heavy (non-hydrogen) atoms. The number of aromatic nitrogens is 1. The van der Waals surface area contributed by atoms with Crippen molar-refractivity contribution < 1.29 is 9.53 Å². The Labute approximate surface area is 139 Å². The lowest BCUT2D eigenvalue weighted by molar-refractivity contribution is 0.0939. The molecule has 1 fully saturated rings. The molecule has 0 aliphatic carbocycles. The van der Waals surface area contributed by atoms with E-state index >= 15 is 0 Å². The number of hydrogen-bond donors (Lipinski definition) is 1. The summed E-state index contributed by atoms with van der Waals surface area (Å²) in [5.74, 6) is 0.618. The first-order chi connectivity index (χ1) is 11.1. The molecule has 0 bridgehead atoms. The van der Waals surface area contributed by atoms with Crippen LogP contribution in [-0.2, 0) is 4.74 Å². The van der Waals surface area contributed by atoms with E-state index in [1.165, 1.54) is 5.56 Å². The van der Waals surface area contributed by atoms with Crippen molar-refractivity contribution in [1.29, 1.82) is 0 Å². The van der Waals surface area contributed by atoms with E-state index in [-0.39, 0.29) is 6.09 Å². The van der Waals surface area contributed by atoms with Crippen LogP contribution in [-0.4, -0.2) is 41.7 Å². The van der Waals surface area contributed by atoms with E-state index in [2.05, 4.69) is 30.2 Å². The highest BCUT2D eigenvalue weighted by atomic mass is 16.6. The van der Waals surface area contributed by atoms with Gasteiger partial charge in [-0.25, -0.2) is 4.79 Å². The van der Waals surface area contributed by atoms with Gasteiger partial charge in [-0.05, 0) is 43.7 Å². The topological polar surface area (TPSA) is 54.5 Å². The maximum absolute atomic E-state index is 11.8. The number of carbonyl (C=O) groups excluding carboxylic acids is 1. The Morgan fingerprint density at radius 2 is 2.17 bits per heavy atom. The Kier molecular flexibility index (Phi) is 6.84. The molecule has 0 spiro atoms. The molecule has 1 N–H and O–H groups in total. The van der Waals surface area contributed by atoms with Crippen molar-refractivity contribution in [3.05, 3.63) is 30.1 Å². The summed E-state index contributed by atoms with van der Waals surface area (Å²) < 4.78 is 5.08. The van der Waals surface area contributed by atoms with Gasteiger partial charge < -0.3 is 15.0 Å². The zero-order chi connectivity index (χ0) is 16.7. The van der Waals surface area contributed by atoms with E-state index < -0.39 is 0 Å². The molecule has 2 rings (SSSR count). The van der Waals surface area contributed by atoms with E-state index in [4.69, 9.17) is 4.74 Å². The number of nitrogens with zero attached hydrogens (tertiary/aromatic N) is 2. The number of hydrogen-bond acceptors (Lipinski definition) is 4. The van der Waals surface area contributed by atoms with Gasteiger partial charge >= 0.3 is 6.09 Å².